The summed E-state index contributed by atoms with van der Waals surface area (Å²) in [5, 5.41) is 3.99. The number of piperidine rings is 1. The van der Waals surface area contributed by atoms with E-state index in [1.54, 1.807) is 0 Å². The predicted octanol–water partition coefficient (Wildman–Crippen LogP) is 3.16. The number of amides is 4. The Labute approximate surface area is 207 Å². The van der Waals surface area contributed by atoms with Crippen LogP contribution in [0.15, 0.2) is 36.4 Å². The van der Waals surface area contributed by atoms with Crippen LogP contribution in [0, 0.1) is 5.82 Å². The molecule has 8 nitrogen and oxygen atoms in total. The average Bonchev–Trinajstić information content (AvgIpc) is 3.59. The SMILES string of the molecule is O=C1CCC(N2Cc3c(ccc(C(=O)NC(c4ccccc4OC4CC4)C(F)(F)F)c3F)C2=O)C(=O)N1. The molecule has 2 unspecified atom stereocenters. The van der Waals surface area contributed by atoms with Crippen molar-refractivity contribution in [2.75, 3.05) is 0 Å². The first-order chi connectivity index (χ1) is 17.5. The van der Waals surface area contributed by atoms with Gasteiger partial charge in [-0.3, -0.25) is 24.5 Å². The maximum absolute atomic E-state index is 15.4. The minimum Gasteiger partial charge on any atom is -0.490 e. The number of hydrogen-bond acceptors (Lipinski definition) is 5. The standard InChI is InChI=1S/C25H21F4N3O5/c26-20-15(8-7-13-16(20)11-32(24(13)36)17-9-10-19(33)30-23(17)35)22(34)31-21(25(27,28)29)14-3-1-2-4-18(14)37-12-5-6-12/h1-4,7-8,12,17,21H,5-6,9-11H2,(H,31,34)(H,30,33,35). The minimum atomic E-state index is -4.91. The lowest BCUT2D eigenvalue weighted by molar-refractivity contribution is -0.155. The van der Waals surface area contributed by atoms with Crippen LogP contribution >= 0.6 is 0 Å². The highest BCUT2D eigenvalue weighted by molar-refractivity contribution is 6.06. The molecule has 12 heteroatoms. The van der Waals surface area contributed by atoms with Crippen molar-refractivity contribution in [2.45, 2.75) is 56.6 Å². The molecule has 1 saturated carbocycles. The highest BCUT2D eigenvalue weighted by atomic mass is 19.4. The fourth-order valence-electron chi connectivity index (χ4n) is 4.52. The number of para-hydroxylation sites is 1. The van der Waals surface area contributed by atoms with E-state index in [0.29, 0.717) is 12.8 Å². The van der Waals surface area contributed by atoms with Crippen LogP contribution < -0.4 is 15.4 Å². The van der Waals surface area contributed by atoms with Crippen LogP contribution in [0.4, 0.5) is 17.6 Å². The summed E-state index contributed by atoms with van der Waals surface area (Å²) in [5.74, 6) is -4.35. The van der Waals surface area contributed by atoms with Gasteiger partial charge in [0.1, 0.15) is 17.6 Å². The van der Waals surface area contributed by atoms with E-state index in [2.05, 4.69) is 5.32 Å². The normalized spacial score (nSPS) is 20.4. The third kappa shape index (κ3) is 4.75. The van der Waals surface area contributed by atoms with Gasteiger partial charge in [-0.2, -0.15) is 13.2 Å². The Bertz CT molecular complexity index is 1310. The first-order valence-electron chi connectivity index (χ1n) is 11.6. The fraction of sp³-hybridized carbons (Fsp3) is 0.360. The first kappa shape index (κ1) is 24.7. The lowest BCUT2D eigenvalue weighted by Gasteiger charge is -2.29. The molecule has 2 aromatic rings. The molecular weight excluding hydrogens is 498 g/mol. The molecule has 194 valence electrons. The van der Waals surface area contributed by atoms with E-state index < -0.39 is 53.3 Å². The van der Waals surface area contributed by atoms with Gasteiger partial charge in [0.2, 0.25) is 11.8 Å². The van der Waals surface area contributed by atoms with E-state index >= 15 is 4.39 Å². The molecular formula is C25H21F4N3O5. The van der Waals surface area contributed by atoms with Gasteiger partial charge in [0.15, 0.2) is 6.04 Å². The zero-order chi connectivity index (χ0) is 26.5. The molecule has 0 spiro atoms. The van der Waals surface area contributed by atoms with Crippen molar-refractivity contribution in [3.63, 3.8) is 0 Å². The van der Waals surface area contributed by atoms with Crippen molar-refractivity contribution >= 4 is 23.6 Å². The van der Waals surface area contributed by atoms with Gasteiger partial charge in [-0.1, -0.05) is 18.2 Å². The summed E-state index contributed by atoms with van der Waals surface area (Å²) in [4.78, 5) is 50.4. The third-order valence-electron chi connectivity index (χ3n) is 6.54. The lowest BCUT2D eigenvalue weighted by Crippen LogP contribution is -2.52. The maximum Gasteiger partial charge on any atom is 0.413 e. The number of alkyl halides is 3. The number of fused-ring (bicyclic) bond motifs is 1. The lowest BCUT2D eigenvalue weighted by atomic mass is 10.0. The van der Waals surface area contributed by atoms with E-state index in [0.717, 1.165) is 17.0 Å². The summed E-state index contributed by atoms with van der Waals surface area (Å²) < 4.78 is 63.1. The molecule has 0 bridgehead atoms. The Morgan fingerprint density at radius 2 is 1.81 bits per heavy atom. The predicted molar refractivity (Wildman–Crippen MR) is 119 cm³/mol. The van der Waals surface area contributed by atoms with Gasteiger partial charge in [0, 0.05) is 23.1 Å². The van der Waals surface area contributed by atoms with E-state index in [4.69, 9.17) is 4.74 Å². The van der Waals surface area contributed by atoms with Crippen LogP contribution in [-0.2, 0) is 16.1 Å². The maximum atomic E-state index is 15.4. The molecule has 3 aliphatic rings. The Kier molecular flexibility index (Phi) is 6.12. The molecule has 37 heavy (non-hydrogen) atoms. The number of imide groups is 1. The molecule has 4 amide bonds. The molecule has 2 aliphatic heterocycles. The molecule has 1 saturated heterocycles. The van der Waals surface area contributed by atoms with E-state index in [9.17, 15) is 32.3 Å². The highest BCUT2D eigenvalue weighted by Gasteiger charge is 2.45. The molecule has 0 radical (unpaired) electrons. The Morgan fingerprint density at radius 3 is 2.49 bits per heavy atom. The van der Waals surface area contributed by atoms with Crippen molar-refractivity contribution in [1.82, 2.24) is 15.5 Å². The van der Waals surface area contributed by atoms with Crippen LogP contribution in [0.5, 0.6) is 5.75 Å². The number of hydrogen-bond donors (Lipinski definition) is 2. The van der Waals surface area contributed by atoms with Crippen LogP contribution in [0.1, 0.15) is 63.6 Å². The van der Waals surface area contributed by atoms with Crippen LogP contribution in [0.2, 0.25) is 0 Å². The zero-order valence-electron chi connectivity index (χ0n) is 19.2. The van der Waals surface area contributed by atoms with Gasteiger partial charge in [-0.05, 0) is 37.5 Å². The van der Waals surface area contributed by atoms with Crippen molar-refractivity contribution in [3.8, 4) is 5.75 Å². The van der Waals surface area contributed by atoms with Crippen LogP contribution in [-0.4, -0.2) is 46.9 Å². The molecule has 1 aliphatic carbocycles. The van der Waals surface area contributed by atoms with E-state index in [-0.39, 0.29) is 47.9 Å². The summed E-state index contributed by atoms with van der Waals surface area (Å²) in [6, 6.07) is 4.07. The molecule has 0 aromatic heterocycles. The second kappa shape index (κ2) is 9.16. The number of carbonyl (C=O) groups excluding carboxylic acids is 4. The molecule has 2 fully saturated rings. The van der Waals surface area contributed by atoms with Crippen molar-refractivity contribution in [3.05, 3.63) is 64.5 Å². The zero-order valence-corrected chi connectivity index (χ0v) is 19.2. The number of benzene rings is 2. The van der Waals surface area contributed by atoms with Crippen molar-refractivity contribution in [2.24, 2.45) is 0 Å². The molecule has 2 aromatic carbocycles. The smallest absolute Gasteiger partial charge is 0.413 e. The number of carbonyl (C=O) groups is 4. The number of nitrogens with one attached hydrogen (secondary N) is 2. The summed E-state index contributed by atoms with van der Waals surface area (Å²) in [6.07, 6.45) is -3.63. The number of halogens is 4. The summed E-state index contributed by atoms with van der Waals surface area (Å²) in [5.41, 5.74) is -1.29. The Hall–Kier alpha value is -3.96. The fourth-order valence-corrected chi connectivity index (χ4v) is 4.52. The summed E-state index contributed by atoms with van der Waals surface area (Å²) >= 11 is 0. The summed E-state index contributed by atoms with van der Waals surface area (Å²) in [6.45, 7) is -0.367. The van der Waals surface area contributed by atoms with Gasteiger partial charge >= 0.3 is 6.18 Å². The minimum absolute atomic E-state index is 0.00254. The summed E-state index contributed by atoms with van der Waals surface area (Å²) in [7, 11) is 0. The van der Waals surface area contributed by atoms with Crippen LogP contribution in [0.25, 0.3) is 0 Å². The Balaban J connectivity index is 1.40. The van der Waals surface area contributed by atoms with Crippen molar-refractivity contribution in [1.29, 1.82) is 0 Å². The van der Waals surface area contributed by atoms with E-state index in [1.165, 1.54) is 24.3 Å². The van der Waals surface area contributed by atoms with Gasteiger partial charge in [-0.25, -0.2) is 4.39 Å². The molecule has 5 rings (SSSR count). The topological polar surface area (TPSA) is 105 Å². The van der Waals surface area contributed by atoms with Crippen LogP contribution in [0.3, 0.4) is 0 Å². The number of ether oxygens (including phenoxy) is 1. The largest absolute Gasteiger partial charge is 0.490 e. The molecule has 2 atom stereocenters. The molecule has 2 N–H and O–H groups in total. The monoisotopic (exact) mass is 519 g/mol. The third-order valence-corrected chi connectivity index (χ3v) is 6.54. The average molecular weight is 519 g/mol. The van der Waals surface area contributed by atoms with Gasteiger partial charge < -0.3 is 15.0 Å². The highest BCUT2D eigenvalue weighted by Crippen LogP contribution is 2.40. The van der Waals surface area contributed by atoms with Crippen molar-refractivity contribution < 1.29 is 41.5 Å². The van der Waals surface area contributed by atoms with Gasteiger partial charge in [0.25, 0.3) is 11.8 Å². The number of rotatable bonds is 6. The Morgan fingerprint density at radius 1 is 1.08 bits per heavy atom. The van der Waals surface area contributed by atoms with Gasteiger partial charge in [-0.15, -0.1) is 0 Å². The van der Waals surface area contributed by atoms with E-state index in [1.807, 2.05) is 5.32 Å². The quantitative estimate of drug-likeness (QED) is 0.451. The first-order valence-corrected chi connectivity index (χ1v) is 11.6. The second-order valence-electron chi connectivity index (χ2n) is 9.16. The van der Waals surface area contributed by atoms with Gasteiger partial charge in [0.05, 0.1) is 18.2 Å². The second-order valence-corrected chi connectivity index (χ2v) is 9.16. The number of nitrogens with zero attached hydrogens (tertiary/aromatic N) is 1. The molecule has 2 heterocycles.